The molecule has 0 saturated heterocycles. The number of aryl methyl sites for hydroxylation is 1. The Bertz CT molecular complexity index is 551. The first kappa shape index (κ1) is 14.9. The number of halogens is 1. The van der Waals surface area contributed by atoms with Crippen molar-refractivity contribution in [2.24, 2.45) is 0 Å². The van der Waals surface area contributed by atoms with E-state index in [1.54, 1.807) is 0 Å². The van der Waals surface area contributed by atoms with Gasteiger partial charge < -0.3 is 10.1 Å². The molecule has 106 valence electrons. The summed E-state index contributed by atoms with van der Waals surface area (Å²) >= 11 is 5.93. The summed E-state index contributed by atoms with van der Waals surface area (Å²) in [6.07, 6.45) is 1.05. The van der Waals surface area contributed by atoms with Crippen molar-refractivity contribution < 1.29 is 4.74 Å². The van der Waals surface area contributed by atoms with Gasteiger partial charge in [-0.1, -0.05) is 35.9 Å². The van der Waals surface area contributed by atoms with Crippen LogP contribution in [0.15, 0.2) is 42.5 Å². The Hall–Kier alpha value is -1.51. The number of ether oxygens (including phenoxy) is 1. The lowest BCUT2D eigenvalue weighted by Crippen LogP contribution is -2.10. The average molecular weight is 290 g/mol. The Balaban J connectivity index is 1.93. The molecule has 2 rings (SSSR count). The van der Waals surface area contributed by atoms with Gasteiger partial charge in [-0.05, 0) is 61.8 Å². The first-order valence-corrected chi connectivity index (χ1v) is 7.18. The number of likely N-dealkylation sites (N-methyl/N-ethyl adjacent to an activating group) is 1. The topological polar surface area (TPSA) is 21.3 Å². The van der Waals surface area contributed by atoms with Crippen LogP contribution in [0.25, 0.3) is 0 Å². The third kappa shape index (κ3) is 4.26. The number of benzene rings is 2. The highest BCUT2D eigenvalue weighted by atomic mass is 35.5. The summed E-state index contributed by atoms with van der Waals surface area (Å²) in [6, 6.07) is 14.2. The van der Waals surface area contributed by atoms with Crippen LogP contribution in [-0.4, -0.2) is 13.6 Å². The van der Waals surface area contributed by atoms with Crippen molar-refractivity contribution in [2.75, 3.05) is 13.6 Å². The Labute approximate surface area is 125 Å². The zero-order valence-corrected chi connectivity index (χ0v) is 12.7. The molecule has 0 heterocycles. The van der Waals surface area contributed by atoms with Crippen molar-refractivity contribution in [3.63, 3.8) is 0 Å². The second kappa shape index (κ2) is 7.32. The molecular formula is C17H20ClNO. The van der Waals surface area contributed by atoms with Crippen molar-refractivity contribution in [3.05, 3.63) is 64.2 Å². The van der Waals surface area contributed by atoms with E-state index in [0.717, 1.165) is 29.3 Å². The van der Waals surface area contributed by atoms with Gasteiger partial charge in [-0.2, -0.15) is 0 Å². The van der Waals surface area contributed by atoms with Crippen molar-refractivity contribution >= 4 is 11.6 Å². The standard InChI is InChI=1S/C17H20ClNO/c1-13-11-16(18)7-8-17(13)20-12-15-5-3-14(4-6-15)9-10-19-2/h3-8,11,19H,9-10,12H2,1-2H3. The quantitative estimate of drug-likeness (QED) is 0.868. The molecule has 0 aliphatic rings. The van der Waals surface area contributed by atoms with E-state index < -0.39 is 0 Å². The first-order chi connectivity index (χ1) is 9.69. The van der Waals surface area contributed by atoms with Crippen LogP contribution in [0.3, 0.4) is 0 Å². The van der Waals surface area contributed by atoms with Crippen molar-refractivity contribution in [3.8, 4) is 5.75 Å². The Morgan fingerprint density at radius 1 is 1.05 bits per heavy atom. The molecule has 0 spiro atoms. The van der Waals surface area contributed by atoms with Gasteiger partial charge in [0.2, 0.25) is 0 Å². The molecule has 0 amide bonds. The Morgan fingerprint density at radius 2 is 1.75 bits per heavy atom. The lowest BCUT2D eigenvalue weighted by atomic mass is 10.1. The van der Waals surface area contributed by atoms with Crippen molar-refractivity contribution in [1.29, 1.82) is 0 Å². The largest absolute Gasteiger partial charge is 0.489 e. The highest BCUT2D eigenvalue weighted by Crippen LogP contribution is 2.22. The predicted octanol–water partition coefficient (Wildman–Crippen LogP) is 3.99. The molecule has 0 aromatic heterocycles. The van der Waals surface area contributed by atoms with Gasteiger partial charge in [0.05, 0.1) is 0 Å². The first-order valence-electron chi connectivity index (χ1n) is 6.80. The molecule has 0 unspecified atom stereocenters. The summed E-state index contributed by atoms with van der Waals surface area (Å²) in [4.78, 5) is 0. The fraction of sp³-hybridized carbons (Fsp3) is 0.294. The summed E-state index contributed by atoms with van der Waals surface area (Å²) in [5.41, 5.74) is 3.57. The van der Waals surface area contributed by atoms with Crippen LogP contribution in [0.5, 0.6) is 5.75 Å². The molecule has 20 heavy (non-hydrogen) atoms. The molecule has 1 N–H and O–H groups in total. The zero-order chi connectivity index (χ0) is 14.4. The predicted molar refractivity (Wildman–Crippen MR) is 84.6 cm³/mol. The van der Waals surface area contributed by atoms with Crippen LogP contribution in [0.4, 0.5) is 0 Å². The molecule has 0 atom stereocenters. The normalized spacial score (nSPS) is 10.6. The van der Waals surface area contributed by atoms with Gasteiger partial charge in [0.1, 0.15) is 12.4 Å². The van der Waals surface area contributed by atoms with Crippen LogP contribution in [0.2, 0.25) is 5.02 Å². The van der Waals surface area contributed by atoms with Gasteiger partial charge >= 0.3 is 0 Å². The van der Waals surface area contributed by atoms with Gasteiger partial charge in [0.25, 0.3) is 0 Å². The molecule has 0 aliphatic carbocycles. The van der Waals surface area contributed by atoms with Crippen molar-refractivity contribution in [2.45, 2.75) is 20.0 Å². The number of nitrogens with one attached hydrogen (secondary N) is 1. The lowest BCUT2D eigenvalue weighted by Gasteiger charge is -2.10. The highest BCUT2D eigenvalue weighted by molar-refractivity contribution is 6.30. The van der Waals surface area contributed by atoms with E-state index >= 15 is 0 Å². The van der Waals surface area contributed by atoms with Gasteiger partial charge in [-0.25, -0.2) is 0 Å². The van der Waals surface area contributed by atoms with Crippen LogP contribution in [0, 0.1) is 6.92 Å². The minimum Gasteiger partial charge on any atom is -0.489 e. The molecule has 0 fully saturated rings. The Morgan fingerprint density at radius 3 is 2.40 bits per heavy atom. The van der Waals surface area contributed by atoms with Gasteiger partial charge in [0, 0.05) is 5.02 Å². The van der Waals surface area contributed by atoms with E-state index in [4.69, 9.17) is 16.3 Å². The molecule has 0 aliphatic heterocycles. The van der Waals surface area contributed by atoms with E-state index in [1.165, 1.54) is 11.1 Å². The van der Waals surface area contributed by atoms with Gasteiger partial charge in [0.15, 0.2) is 0 Å². The van der Waals surface area contributed by atoms with Gasteiger partial charge in [-0.3, -0.25) is 0 Å². The molecular weight excluding hydrogens is 270 g/mol. The maximum absolute atomic E-state index is 5.93. The number of hydrogen-bond donors (Lipinski definition) is 1. The minimum absolute atomic E-state index is 0.578. The van der Waals surface area contributed by atoms with E-state index in [2.05, 4.69) is 29.6 Å². The highest BCUT2D eigenvalue weighted by Gasteiger charge is 2.01. The molecule has 0 radical (unpaired) electrons. The molecule has 2 nitrogen and oxygen atoms in total. The van der Waals surface area contributed by atoms with Crippen molar-refractivity contribution in [1.82, 2.24) is 5.32 Å². The van der Waals surface area contributed by atoms with Crippen LogP contribution < -0.4 is 10.1 Å². The summed E-state index contributed by atoms with van der Waals surface area (Å²) in [5, 5.41) is 3.89. The SMILES string of the molecule is CNCCc1ccc(COc2ccc(Cl)cc2C)cc1. The summed E-state index contributed by atoms with van der Waals surface area (Å²) in [7, 11) is 1.97. The van der Waals surface area contributed by atoms with E-state index in [1.807, 2.05) is 32.2 Å². The Kier molecular flexibility index (Phi) is 5.45. The van der Waals surface area contributed by atoms with Crippen LogP contribution >= 0.6 is 11.6 Å². The molecule has 0 bridgehead atoms. The van der Waals surface area contributed by atoms with Crippen LogP contribution in [-0.2, 0) is 13.0 Å². The minimum atomic E-state index is 0.578. The second-order valence-electron chi connectivity index (χ2n) is 4.87. The van der Waals surface area contributed by atoms with E-state index in [0.29, 0.717) is 6.61 Å². The fourth-order valence-corrected chi connectivity index (χ4v) is 2.23. The maximum Gasteiger partial charge on any atom is 0.122 e. The summed E-state index contributed by atoms with van der Waals surface area (Å²) < 4.78 is 5.83. The second-order valence-corrected chi connectivity index (χ2v) is 5.30. The summed E-state index contributed by atoms with van der Waals surface area (Å²) in [5.74, 6) is 0.883. The third-order valence-corrected chi connectivity index (χ3v) is 3.45. The monoisotopic (exact) mass is 289 g/mol. The van der Waals surface area contributed by atoms with E-state index in [-0.39, 0.29) is 0 Å². The molecule has 3 heteroatoms. The summed E-state index contributed by atoms with van der Waals surface area (Å²) in [6.45, 7) is 3.58. The van der Waals surface area contributed by atoms with E-state index in [9.17, 15) is 0 Å². The lowest BCUT2D eigenvalue weighted by molar-refractivity contribution is 0.304. The zero-order valence-electron chi connectivity index (χ0n) is 11.9. The maximum atomic E-state index is 5.93. The average Bonchev–Trinajstić information content (AvgIpc) is 2.45. The smallest absolute Gasteiger partial charge is 0.122 e. The number of rotatable bonds is 6. The molecule has 0 saturated carbocycles. The number of hydrogen-bond acceptors (Lipinski definition) is 2. The molecule has 2 aromatic carbocycles. The fourth-order valence-electron chi connectivity index (χ4n) is 2.01. The molecule has 2 aromatic rings. The van der Waals surface area contributed by atoms with Crippen LogP contribution in [0.1, 0.15) is 16.7 Å². The third-order valence-electron chi connectivity index (χ3n) is 3.22. The van der Waals surface area contributed by atoms with Gasteiger partial charge in [-0.15, -0.1) is 0 Å².